The molecule has 4 rings (SSSR count). The Morgan fingerprint density at radius 3 is 2.41 bits per heavy atom. The fourth-order valence-electron chi connectivity index (χ4n) is 3.94. The lowest BCUT2D eigenvalue weighted by Crippen LogP contribution is -3.19. The summed E-state index contributed by atoms with van der Waals surface area (Å²) >= 11 is 12.1. The number of anilines is 1. The van der Waals surface area contributed by atoms with Crippen LogP contribution in [0.3, 0.4) is 0 Å². The van der Waals surface area contributed by atoms with E-state index in [1.54, 1.807) is 30.3 Å². The summed E-state index contributed by atoms with van der Waals surface area (Å²) in [5.41, 5.74) is 0.466. The van der Waals surface area contributed by atoms with Crippen molar-refractivity contribution in [1.82, 2.24) is 4.31 Å². The van der Waals surface area contributed by atoms with Gasteiger partial charge >= 0.3 is 0 Å². The number of rotatable bonds is 5. The Morgan fingerprint density at radius 1 is 1.00 bits per heavy atom. The first-order chi connectivity index (χ1) is 15.3. The van der Waals surface area contributed by atoms with Crippen molar-refractivity contribution in [3.63, 3.8) is 0 Å². The van der Waals surface area contributed by atoms with Crippen molar-refractivity contribution in [2.24, 2.45) is 0 Å². The number of fused-ring (bicyclic) bond motifs is 1. The summed E-state index contributed by atoms with van der Waals surface area (Å²) in [6.07, 6.45) is 0. The summed E-state index contributed by atoms with van der Waals surface area (Å²) < 4.78 is 27.8. The Balaban J connectivity index is 1.41. The van der Waals surface area contributed by atoms with Crippen LogP contribution in [0.2, 0.25) is 10.0 Å². The number of nitrogens with zero attached hydrogens (tertiary/aromatic N) is 1. The number of hydrogen-bond donors (Lipinski definition) is 2. The third-order valence-electron chi connectivity index (χ3n) is 5.92. The molecule has 32 heavy (non-hydrogen) atoms. The van der Waals surface area contributed by atoms with Crippen molar-refractivity contribution < 1.29 is 18.1 Å². The highest BCUT2D eigenvalue weighted by Crippen LogP contribution is 2.25. The predicted octanol–water partition coefficient (Wildman–Crippen LogP) is 3.06. The first-order valence-corrected chi connectivity index (χ1v) is 12.5. The van der Waals surface area contributed by atoms with Gasteiger partial charge in [0.1, 0.15) is 0 Å². The Kier molecular flexibility index (Phi) is 6.74. The second-order valence-electron chi connectivity index (χ2n) is 7.91. The van der Waals surface area contributed by atoms with Crippen LogP contribution >= 0.6 is 23.2 Å². The Labute approximate surface area is 197 Å². The van der Waals surface area contributed by atoms with Crippen LogP contribution in [0.25, 0.3) is 10.8 Å². The van der Waals surface area contributed by atoms with Gasteiger partial charge in [-0.25, -0.2) is 8.42 Å². The maximum atomic E-state index is 13.2. The van der Waals surface area contributed by atoms with Crippen LogP contribution in [0.5, 0.6) is 0 Å². The van der Waals surface area contributed by atoms with Crippen LogP contribution in [0.4, 0.5) is 5.69 Å². The van der Waals surface area contributed by atoms with Gasteiger partial charge in [0.2, 0.25) is 10.0 Å². The lowest BCUT2D eigenvalue weighted by atomic mass is 10.1. The standard InChI is InChI=1S/C23H23Cl2N3O3S/c1-16(23(29)26-22-15-19(24)7-9-21(22)25)27-10-12-28(13-11-27)32(30,31)20-8-6-17-4-2-3-5-18(17)14-20/h2-9,14-16H,10-13H2,1H3,(H,26,29)/p+1/t16-/m1/s1. The first kappa shape index (κ1) is 23.0. The minimum absolute atomic E-state index is 0.185. The van der Waals surface area contributed by atoms with Crippen LogP contribution in [-0.4, -0.2) is 50.9 Å². The average molecular weight is 493 g/mol. The SMILES string of the molecule is C[C@H](C(=O)Nc1cc(Cl)ccc1Cl)[NH+]1CCN(S(=O)(=O)c2ccc3ccccc3c2)CC1. The third kappa shape index (κ3) is 4.77. The molecule has 1 heterocycles. The van der Waals surface area contributed by atoms with Crippen LogP contribution in [0.1, 0.15) is 6.92 Å². The van der Waals surface area contributed by atoms with E-state index in [-0.39, 0.29) is 11.9 Å². The molecular formula is C23H24Cl2N3O3S+. The number of amides is 1. The van der Waals surface area contributed by atoms with Crippen molar-refractivity contribution in [3.05, 3.63) is 70.7 Å². The molecule has 1 fully saturated rings. The van der Waals surface area contributed by atoms with Crippen molar-refractivity contribution >= 4 is 55.6 Å². The van der Waals surface area contributed by atoms with E-state index in [0.717, 1.165) is 15.7 Å². The molecule has 1 aliphatic rings. The van der Waals surface area contributed by atoms with Crippen LogP contribution in [0.15, 0.2) is 65.6 Å². The average Bonchev–Trinajstić information content (AvgIpc) is 2.80. The fourth-order valence-corrected chi connectivity index (χ4v) is 5.76. The molecule has 2 N–H and O–H groups in total. The van der Waals surface area contributed by atoms with Gasteiger partial charge < -0.3 is 10.2 Å². The molecule has 1 atom stereocenters. The van der Waals surface area contributed by atoms with Gasteiger partial charge in [0.15, 0.2) is 6.04 Å². The molecule has 9 heteroatoms. The number of nitrogens with one attached hydrogen (secondary N) is 2. The number of quaternary nitrogens is 1. The van der Waals surface area contributed by atoms with Crippen molar-refractivity contribution in [2.75, 3.05) is 31.5 Å². The Hall–Kier alpha value is -2.16. The second kappa shape index (κ2) is 9.37. The normalized spacial score (nSPS) is 16.7. The molecule has 6 nitrogen and oxygen atoms in total. The monoisotopic (exact) mass is 492 g/mol. The van der Waals surface area contributed by atoms with Crippen molar-refractivity contribution in [3.8, 4) is 0 Å². The van der Waals surface area contributed by atoms with E-state index >= 15 is 0 Å². The maximum Gasteiger partial charge on any atom is 0.282 e. The van der Waals surface area contributed by atoms with Gasteiger partial charge in [0.25, 0.3) is 5.91 Å². The third-order valence-corrected chi connectivity index (χ3v) is 8.37. The van der Waals surface area contributed by atoms with Gasteiger partial charge in [-0.2, -0.15) is 4.31 Å². The molecule has 0 radical (unpaired) electrons. The second-order valence-corrected chi connectivity index (χ2v) is 10.7. The summed E-state index contributed by atoms with van der Waals surface area (Å²) in [5, 5.41) is 5.61. The summed E-state index contributed by atoms with van der Waals surface area (Å²) in [4.78, 5) is 14.0. The number of piperazine rings is 1. The van der Waals surface area contributed by atoms with E-state index in [1.165, 1.54) is 4.31 Å². The molecule has 168 valence electrons. The quantitative estimate of drug-likeness (QED) is 0.574. The molecule has 3 aromatic carbocycles. The highest BCUT2D eigenvalue weighted by molar-refractivity contribution is 7.89. The molecule has 0 aliphatic carbocycles. The zero-order chi connectivity index (χ0) is 22.9. The first-order valence-electron chi connectivity index (χ1n) is 10.3. The number of benzene rings is 3. The van der Waals surface area contributed by atoms with Gasteiger partial charge in [-0.1, -0.05) is 53.5 Å². The molecular weight excluding hydrogens is 469 g/mol. The van der Waals surface area contributed by atoms with Gasteiger partial charge in [0.05, 0.1) is 41.8 Å². The molecule has 1 aliphatic heterocycles. The zero-order valence-corrected chi connectivity index (χ0v) is 19.8. The summed E-state index contributed by atoms with van der Waals surface area (Å²) in [5.74, 6) is -0.185. The molecule has 0 aromatic heterocycles. The largest absolute Gasteiger partial charge is 0.323 e. The van der Waals surface area contributed by atoms with E-state index in [9.17, 15) is 13.2 Å². The Bertz CT molecular complexity index is 1260. The lowest BCUT2D eigenvalue weighted by Gasteiger charge is -2.34. The molecule has 1 amide bonds. The summed E-state index contributed by atoms with van der Waals surface area (Å²) in [6, 6.07) is 17.4. The van der Waals surface area contributed by atoms with E-state index in [0.29, 0.717) is 46.8 Å². The molecule has 3 aromatic rings. The van der Waals surface area contributed by atoms with E-state index < -0.39 is 10.0 Å². The van der Waals surface area contributed by atoms with Crippen LogP contribution in [0, 0.1) is 0 Å². The van der Waals surface area contributed by atoms with Crippen LogP contribution in [-0.2, 0) is 14.8 Å². The molecule has 0 unspecified atom stereocenters. The van der Waals surface area contributed by atoms with Gasteiger partial charge in [-0.05, 0) is 48.0 Å². The number of carbonyl (C=O) groups is 1. The highest BCUT2D eigenvalue weighted by Gasteiger charge is 2.34. The minimum atomic E-state index is -3.59. The highest BCUT2D eigenvalue weighted by atomic mass is 35.5. The van der Waals surface area contributed by atoms with Gasteiger partial charge in [0, 0.05) is 5.02 Å². The number of sulfonamides is 1. The smallest absolute Gasteiger partial charge is 0.282 e. The van der Waals surface area contributed by atoms with Crippen molar-refractivity contribution in [2.45, 2.75) is 17.9 Å². The number of hydrogen-bond acceptors (Lipinski definition) is 3. The van der Waals surface area contributed by atoms with E-state index in [1.807, 2.05) is 37.3 Å². The summed E-state index contributed by atoms with van der Waals surface area (Å²) in [6.45, 7) is 3.59. The lowest BCUT2D eigenvalue weighted by molar-refractivity contribution is -0.917. The molecule has 1 saturated heterocycles. The van der Waals surface area contributed by atoms with Crippen LogP contribution < -0.4 is 10.2 Å². The predicted molar refractivity (Wildman–Crippen MR) is 128 cm³/mol. The van der Waals surface area contributed by atoms with Crippen molar-refractivity contribution in [1.29, 1.82) is 0 Å². The fraction of sp³-hybridized carbons (Fsp3) is 0.261. The van der Waals surface area contributed by atoms with E-state index in [2.05, 4.69) is 5.32 Å². The van der Waals surface area contributed by atoms with Gasteiger partial charge in [-0.3, -0.25) is 4.79 Å². The molecule has 0 spiro atoms. The molecule has 0 saturated carbocycles. The Morgan fingerprint density at radius 2 is 1.69 bits per heavy atom. The summed E-state index contributed by atoms with van der Waals surface area (Å²) in [7, 11) is -3.59. The topological polar surface area (TPSA) is 70.9 Å². The maximum absolute atomic E-state index is 13.2. The molecule has 0 bridgehead atoms. The number of halogens is 2. The van der Waals surface area contributed by atoms with Gasteiger partial charge in [-0.15, -0.1) is 0 Å². The zero-order valence-electron chi connectivity index (χ0n) is 17.5. The minimum Gasteiger partial charge on any atom is -0.323 e. The van der Waals surface area contributed by atoms with E-state index in [4.69, 9.17) is 23.2 Å². The number of carbonyl (C=O) groups excluding carboxylic acids is 1.